The van der Waals surface area contributed by atoms with E-state index in [2.05, 4.69) is 10.2 Å². The molecule has 1 aliphatic heterocycles. The lowest BCUT2D eigenvalue weighted by Gasteiger charge is -2.28. The van der Waals surface area contributed by atoms with Crippen molar-refractivity contribution >= 4 is 18.3 Å². The average molecular weight is 328 g/mol. The number of hydrogen-bond donors (Lipinski definition) is 1. The first-order valence-electron chi connectivity index (χ1n) is 7.60. The van der Waals surface area contributed by atoms with Gasteiger partial charge in [-0.1, -0.05) is 18.2 Å². The Kier molecular flexibility index (Phi) is 8.89. The molecule has 1 fully saturated rings. The van der Waals surface area contributed by atoms with Crippen molar-refractivity contribution in [2.75, 3.05) is 52.9 Å². The molecule has 1 aromatic carbocycles. The molecule has 1 saturated heterocycles. The molecule has 1 aromatic rings. The van der Waals surface area contributed by atoms with E-state index in [0.717, 1.165) is 45.0 Å². The predicted molar refractivity (Wildman–Crippen MR) is 90.7 cm³/mol. The van der Waals surface area contributed by atoms with Crippen LogP contribution in [0.4, 0.5) is 0 Å². The topological polar surface area (TPSA) is 44.8 Å². The molecule has 1 aliphatic rings. The number of halogens is 1. The van der Waals surface area contributed by atoms with E-state index in [1.54, 1.807) is 0 Å². The summed E-state index contributed by atoms with van der Waals surface area (Å²) in [5.74, 6) is 1.15. The highest BCUT2D eigenvalue weighted by atomic mass is 35.5. The summed E-state index contributed by atoms with van der Waals surface area (Å²) < 4.78 is 5.65. The zero-order valence-electron chi connectivity index (χ0n) is 13.2. The van der Waals surface area contributed by atoms with Gasteiger partial charge in [0.1, 0.15) is 12.4 Å². The van der Waals surface area contributed by atoms with Crippen LogP contribution in [0, 0.1) is 0 Å². The van der Waals surface area contributed by atoms with Gasteiger partial charge in [-0.05, 0) is 19.2 Å². The van der Waals surface area contributed by atoms with Gasteiger partial charge in [-0.3, -0.25) is 4.79 Å². The number of hydrogen-bond acceptors (Lipinski definition) is 4. The van der Waals surface area contributed by atoms with E-state index < -0.39 is 0 Å². The minimum Gasteiger partial charge on any atom is -0.492 e. The summed E-state index contributed by atoms with van der Waals surface area (Å²) in [5, 5.41) is 3.26. The second-order valence-electron chi connectivity index (χ2n) is 5.35. The summed E-state index contributed by atoms with van der Waals surface area (Å²) in [6.07, 6.45) is 0.585. The highest BCUT2D eigenvalue weighted by molar-refractivity contribution is 5.85. The maximum atomic E-state index is 12.0. The van der Waals surface area contributed by atoms with Crippen LogP contribution in [0.25, 0.3) is 0 Å². The zero-order valence-corrected chi connectivity index (χ0v) is 14.0. The Labute approximate surface area is 139 Å². The third-order valence-electron chi connectivity index (χ3n) is 3.66. The highest BCUT2D eigenvalue weighted by Gasteiger charge is 2.16. The quantitative estimate of drug-likeness (QED) is 0.818. The summed E-state index contributed by atoms with van der Waals surface area (Å²) in [4.78, 5) is 16.1. The molecule has 124 valence electrons. The molecule has 0 bridgehead atoms. The molecule has 0 radical (unpaired) electrons. The maximum absolute atomic E-state index is 12.0. The zero-order chi connectivity index (χ0) is 14.9. The van der Waals surface area contributed by atoms with Crippen LogP contribution in [0.1, 0.15) is 6.42 Å². The van der Waals surface area contributed by atoms with Gasteiger partial charge in [0.15, 0.2) is 0 Å². The first-order valence-corrected chi connectivity index (χ1v) is 7.60. The Hall–Kier alpha value is -1.30. The highest BCUT2D eigenvalue weighted by Crippen LogP contribution is 2.07. The lowest BCUT2D eigenvalue weighted by molar-refractivity contribution is -0.132. The lowest BCUT2D eigenvalue weighted by Crippen LogP contribution is -2.47. The molecule has 5 nitrogen and oxygen atoms in total. The molecule has 0 saturated carbocycles. The molecule has 2 rings (SSSR count). The Balaban J connectivity index is 0.00000242. The number of carbonyl (C=O) groups excluding carboxylic acids is 1. The Bertz CT molecular complexity index is 425. The molecule has 0 aromatic heterocycles. The van der Waals surface area contributed by atoms with Crippen molar-refractivity contribution in [1.82, 2.24) is 15.1 Å². The van der Waals surface area contributed by atoms with Crippen LogP contribution >= 0.6 is 12.4 Å². The van der Waals surface area contributed by atoms with E-state index in [1.165, 1.54) is 0 Å². The first kappa shape index (κ1) is 18.7. The first-order chi connectivity index (χ1) is 10.3. The number of rotatable bonds is 7. The van der Waals surface area contributed by atoms with Crippen molar-refractivity contribution in [2.45, 2.75) is 6.42 Å². The minimum atomic E-state index is 0. The predicted octanol–water partition coefficient (Wildman–Crippen LogP) is 1.24. The standard InChI is InChI=1S/C16H25N3O2.ClH/c1-18(13-14-21-15-5-3-2-4-6-15)10-7-16(20)19-11-8-17-9-12-19;/h2-6,17H,7-14H2,1H3;1H. The van der Waals surface area contributed by atoms with Crippen molar-refractivity contribution < 1.29 is 9.53 Å². The van der Waals surface area contributed by atoms with Crippen LogP contribution in [0.2, 0.25) is 0 Å². The molecule has 6 heteroatoms. The fourth-order valence-electron chi connectivity index (χ4n) is 2.31. The summed E-state index contributed by atoms with van der Waals surface area (Å²) in [6, 6.07) is 9.80. The van der Waals surface area contributed by atoms with Gasteiger partial charge >= 0.3 is 0 Å². The number of piperazine rings is 1. The van der Waals surface area contributed by atoms with Crippen LogP contribution in [0.5, 0.6) is 5.75 Å². The Morgan fingerprint density at radius 2 is 1.91 bits per heavy atom. The fraction of sp³-hybridized carbons (Fsp3) is 0.562. The molecule has 0 spiro atoms. The summed E-state index contributed by atoms with van der Waals surface area (Å²) in [5.41, 5.74) is 0. The number of likely N-dealkylation sites (N-methyl/N-ethyl adjacent to an activating group) is 1. The van der Waals surface area contributed by atoms with Crippen LogP contribution < -0.4 is 10.1 Å². The smallest absolute Gasteiger partial charge is 0.223 e. The van der Waals surface area contributed by atoms with E-state index in [9.17, 15) is 4.79 Å². The maximum Gasteiger partial charge on any atom is 0.223 e. The SMILES string of the molecule is CN(CCOc1ccccc1)CCC(=O)N1CCNCC1.Cl. The molecule has 1 heterocycles. The van der Waals surface area contributed by atoms with Crippen LogP contribution in [-0.4, -0.2) is 68.6 Å². The van der Waals surface area contributed by atoms with Crippen LogP contribution in [-0.2, 0) is 4.79 Å². The molecule has 1 amide bonds. The summed E-state index contributed by atoms with van der Waals surface area (Å²) in [7, 11) is 2.03. The fourth-order valence-corrected chi connectivity index (χ4v) is 2.31. The van der Waals surface area contributed by atoms with E-state index in [-0.39, 0.29) is 18.3 Å². The monoisotopic (exact) mass is 327 g/mol. The van der Waals surface area contributed by atoms with E-state index in [4.69, 9.17) is 4.74 Å². The summed E-state index contributed by atoms with van der Waals surface area (Å²) >= 11 is 0. The number of para-hydroxylation sites is 1. The van der Waals surface area contributed by atoms with Gasteiger partial charge < -0.3 is 19.9 Å². The number of carbonyl (C=O) groups is 1. The van der Waals surface area contributed by atoms with E-state index in [0.29, 0.717) is 13.0 Å². The largest absolute Gasteiger partial charge is 0.492 e. The van der Waals surface area contributed by atoms with Crippen molar-refractivity contribution in [3.63, 3.8) is 0 Å². The van der Waals surface area contributed by atoms with Gasteiger partial charge in [-0.25, -0.2) is 0 Å². The number of amides is 1. The number of nitrogens with one attached hydrogen (secondary N) is 1. The molecule has 1 N–H and O–H groups in total. The Morgan fingerprint density at radius 3 is 2.59 bits per heavy atom. The Morgan fingerprint density at radius 1 is 1.23 bits per heavy atom. The third-order valence-corrected chi connectivity index (χ3v) is 3.66. The second-order valence-corrected chi connectivity index (χ2v) is 5.35. The van der Waals surface area contributed by atoms with Gasteiger partial charge in [-0.2, -0.15) is 0 Å². The normalized spacial score (nSPS) is 14.5. The van der Waals surface area contributed by atoms with E-state index >= 15 is 0 Å². The van der Waals surface area contributed by atoms with Crippen molar-refractivity contribution in [2.24, 2.45) is 0 Å². The summed E-state index contributed by atoms with van der Waals surface area (Å²) in [6.45, 7) is 5.73. The third kappa shape index (κ3) is 6.64. The van der Waals surface area contributed by atoms with Crippen molar-refractivity contribution in [3.05, 3.63) is 30.3 Å². The minimum absolute atomic E-state index is 0. The molecule has 22 heavy (non-hydrogen) atoms. The van der Waals surface area contributed by atoms with Gasteiger partial charge in [0, 0.05) is 45.7 Å². The number of ether oxygens (including phenoxy) is 1. The molecular formula is C16H26ClN3O2. The lowest BCUT2D eigenvalue weighted by atomic mass is 10.3. The van der Waals surface area contributed by atoms with E-state index in [1.807, 2.05) is 42.3 Å². The van der Waals surface area contributed by atoms with Crippen LogP contribution in [0.15, 0.2) is 30.3 Å². The second kappa shape index (κ2) is 10.4. The van der Waals surface area contributed by atoms with Gasteiger partial charge in [0.25, 0.3) is 0 Å². The van der Waals surface area contributed by atoms with Crippen molar-refractivity contribution in [3.8, 4) is 5.75 Å². The van der Waals surface area contributed by atoms with Gasteiger partial charge in [0.05, 0.1) is 0 Å². The molecule has 0 unspecified atom stereocenters. The van der Waals surface area contributed by atoms with Gasteiger partial charge in [0.2, 0.25) is 5.91 Å². The van der Waals surface area contributed by atoms with Crippen LogP contribution in [0.3, 0.4) is 0 Å². The average Bonchev–Trinajstić information content (AvgIpc) is 2.54. The van der Waals surface area contributed by atoms with Gasteiger partial charge in [-0.15, -0.1) is 12.4 Å². The number of benzene rings is 1. The molecular weight excluding hydrogens is 302 g/mol. The number of nitrogens with zero attached hydrogens (tertiary/aromatic N) is 2. The van der Waals surface area contributed by atoms with Crippen molar-refractivity contribution in [1.29, 1.82) is 0 Å². The molecule has 0 aliphatic carbocycles. The molecule has 0 atom stereocenters.